The Labute approximate surface area is 119 Å². The highest BCUT2D eigenvalue weighted by Gasteiger charge is 2.32. The van der Waals surface area contributed by atoms with Crippen LogP contribution in [0.15, 0.2) is 60.7 Å². The summed E-state index contributed by atoms with van der Waals surface area (Å²) in [5.74, 6) is 0.486. The van der Waals surface area contributed by atoms with Crippen LogP contribution in [0.25, 0.3) is 0 Å². The Kier molecular flexibility index (Phi) is 3.82. The Bertz CT molecular complexity index is 564. The fraction of sp³-hybridized carbons (Fsp3) is 0.278. The summed E-state index contributed by atoms with van der Waals surface area (Å²) in [4.78, 5) is 12.1. The molecule has 1 fully saturated rings. The van der Waals surface area contributed by atoms with Gasteiger partial charge < -0.3 is 5.32 Å². The zero-order chi connectivity index (χ0) is 13.8. The molecule has 3 rings (SSSR count). The quantitative estimate of drug-likeness (QED) is 0.897. The highest BCUT2D eigenvalue weighted by molar-refractivity contribution is 5.84. The van der Waals surface area contributed by atoms with Crippen molar-refractivity contribution in [1.29, 1.82) is 0 Å². The summed E-state index contributed by atoms with van der Waals surface area (Å²) in [5, 5.41) is 3.55. The molecule has 2 heteroatoms. The fourth-order valence-electron chi connectivity index (χ4n) is 2.99. The van der Waals surface area contributed by atoms with Gasteiger partial charge in [0.25, 0.3) is 0 Å². The van der Waals surface area contributed by atoms with Gasteiger partial charge >= 0.3 is 0 Å². The van der Waals surface area contributed by atoms with Gasteiger partial charge in [0.15, 0.2) is 0 Å². The van der Waals surface area contributed by atoms with Crippen molar-refractivity contribution in [3.05, 3.63) is 66.2 Å². The molecule has 102 valence electrons. The first kappa shape index (κ1) is 12.9. The van der Waals surface area contributed by atoms with E-state index < -0.39 is 0 Å². The van der Waals surface area contributed by atoms with Crippen molar-refractivity contribution in [2.45, 2.75) is 25.3 Å². The Morgan fingerprint density at radius 3 is 2.20 bits per heavy atom. The number of nitrogens with one attached hydrogen (secondary N) is 1. The third-order valence-corrected chi connectivity index (χ3v) is 4.01. The van der Waals surface area contributed by atoms with Crippen LogP contribution in [0.1, 0.15) is 30.9 Å². The lowest BCUT2D eigenvalue weighted by Gasteiger charge is -2.25. The minimum atomic E-state index is 0.0774. The van der Waals surface area contributed by atoms with E-state index in [4.69, 9.17) is 0 Å². The predicted octanol–water partition coefficient (Wildman–Crippen LogP) is 4.21. The van der Waals surface area contributed by atoms with Crippen LogP contribution in [-0.2, 0) is 4.79 Å². The van der Waals surface area contributed by atoms with Crippen LogP contribution in [0.4, 0.5) is 5.69 Å². The fourth-order valence-corrected chi connectivity index (χ4v) is 2.99. The van der Waals surface area contributed by atoms with Crippen LogP contribution in [0.5, 0.6) is 0 Å². The molecule has 0 spiro atoms. The van der Waals surface area contributed by atoms with Crippen molar-refractivity contribution in [2.24, 2.45) is 5.92 Å². The zero-order valence-electron chi connectivity index (χ0n) is 11.5. The van der Waals surface area contributed by atoms with Gasteiger partial charge in [-0.15, -0.1) is 0 Å². The predicted molar refractivity (Wildman–Crippen MR) is 81.6 cm³/mol. The van der Waals surface area contributed by atoms with E-state index in [-0.39, 0.29) is 12.0 Å². The maximum Gasteiger partial charge on any atom is 0.138 e. The molecule has 1 aliphatic rings. The highest BCUT2D eigenvalue weighted by atomic mass is 16.1. The molecule has 1 saturated carbocycles. The Morgan fingerprint density at radius 1 is 0.950 bits per heavy atom. The lowest BCUT2D eigenvalue weighted by molar-refractivity contribution is -0.121. The first-order chi connectivity index (χ1) is 9.84. The Hall–Kier alpha value is -2.09. The zero-order valence-corrected chi connectivity index (χ0v) is 11.5. The van der Waals surface area contributed by atoms with E-state index in [1.807, 2.05) is 36.4 Å². The molecule has 1 aliphatic carbocycles. The van der Waals surface area contributed by atoms with Gasteiger partial charge in [-0.3, -0.25) is 4.79 Å². The molecule has 2 atom stereocenters. The van der Waals surface area contributed by atoms with E-state index in [2.05, 4.69) is 29.6 Å². The van der Waals surface area contributed by atoms with Crippen LogP contribution in [0.3, 0.4) is 0 Å². The number of ketones is 1. The molecule has 0 bridgehead atoms. The van der Waals surface area contributed by atoms with Crippen molar-refractivity contribution >= 4 is 11.5 Å². The van der Waals surface area contributed by atoms with E-state index in [1.54, 1.807) is 0 Å². The third kappa shape index (κ3) is 2.74. The molecule has 20 heavy (non-hydrogen) atoms. The summed E-state index contributed by atoms with van der Waals surface area (Å²) in [7, 11) is 0. The number of Topliss-reactive ketones (excluding diaryl/α,β-unsaturated/α-hetero) is 1. The smallest absolute Gasteiger partial charge is 0.138 e. The lowest BCUT2D eigenvalue weighted by Crippen LogP contribution is -2.24. The largest absolute Gasteiger partial charge is 0.378 e. The average Bonchev–Trinajstić information content (AvgIpc) is 2.93. The number of para-hydroxylation sites is 1. The number of carbonyl (C=O) groups excluding carboxylic acids is 1. The molecular formula is C18H19NO. The maximum atomic E-state index is 12.1. The van der Waals surface area contributed by atoms with Crippen molar-refractivity contribution in [3.8, 4) is 0 Å². The number of benzene rings is 2. The van der Waals surface area contributed by atoms with Gasteiger partial charge in [-0.2, -0.15) is 0 Å². The van der Waals surface area contributed by atoms with E-state index in [9.17, 15) is 4.79 Å². The van der Waals surface area contributed by atoms with Gasteiger partial charge in [-0.05, 0) is 30.5 Å². The van der Waals surface area contributed by atoms with Gasteiger partial charge in [0.2, 0.25) is 0 Å². The summed E-state index contributed by atoms with van der Waals surface area (Å²) in [6.45, 7) is 0. The summed E-state index contributed by atoms with van der Waals surface area (Å²) in [6.07, 6.45) is 2.73. The van der Waals surface area contributed by atoms with Gasteiger partial charge in [0.1, 0.15) is 5.78 Å². The van der Waals surface area contributed by atoms with Crippen molar-refractivity contribution in [3.63, 3.8) is 0 Å². The van der Waals surface area contributed by atoms with E-state index >= 15 is 0 Å². The molecule has 0 saturated heterocycles. The number of hydrogen-bond acceptors (Lipinski definition) is 2. The molecule has 0 amide bonds. The summed E-state index contributed by atoms with van der Waals surface area (Å²) in [6, 6.07) is 20.5. The number of anilines is 1. The van der Waals surface area contributed by atoms with Gasteiger partial charge in [-0.25, -0.2) is 0 Å². The first-order valence-corrected chi connectivity index (χ1v) is 7.24. The monoisotopic (exact) mass is 265 g/mol. The number of carbonyl (C=O) groups is 1. The van der Waals surface area contributed by atoms with Crippen molar-refractivity contribution in [2.75, 3.05) is 5.32 Å². The van der Waals surface area contributed by atoms with Crippen LogP contribution in [0.2, 0.25) is 0 Å². The van der Waals surface area contributed by atoms with Crippen LogP contribution in [-0.4, -0.2) is 5.78 Å². The molecule has 1 N–H and O–H groups in total. The molecule has 0 aliphatic heterocycles. The minimum absolute atomic E-state index is 0.0774. The van der Waals surface area contributed by atoms with E-state index in [1.165, 1.54) is 5.56 Å². The maximum absolute atomic E-state index is 12.1. The summed E-state index contributed by atoms with van der Waals surface area (Å²) >= 11 is 0. The molecule has 0 heterocycles. The second kappa shape index (κ2) is 5.91. The van der Waals surface area contributed by atoms with Crippen LogP contribution >= 0.6 is 0 Å². The Balaban J connectivity index is 1.89. The lowest BCUT2D eigenvalue weighted by atomic mass is 9.90. The number of hydrogen-bond donors (Lipinski definition) is 1. The molecule has 2 aromatic rings. The van der Waals surface area contributed by atoms with Gasteiger partial charge in [0, 0.05) is 18.0 Å². The van der Waals surface area contributed by atoms with E-state index in [0.29, 0.717) is 5.78 Å². The molecule has 0 radical (unpaired) electrons. The molecular weight excluding hydrogens is 246 g/mol. The summed E-state index contributed by atoms with van der Waals surface area (Å²) in [5.41, 5.74) is 2.26. The van der Waals surface area contributed by atoms with Crippen LogP contribution < -0.4 is 5.32 Å². The Morgan fingerprint density at radius 2 is 1.60 bits per heavy atom. The second-order valence-electron chi connectivity index (χ2n) is 5.36. The van der Waals surface area contributed by atoms with Crippen molar-refractivity contribution < 1.29 is 4.79 Å². The normalized spacial score (nSPS) is 19.8. The van der Waals surface area contributed by atoms with E-state index in [0.717, 1.165) is 24.9 Å². The second-order valence-corrected chi connectivity index (χ2v) is 5.36. The van der Waals surface area contributed by atoms with Gasteiger partial charge in [0.05, 0.1) is 6.04 Å². The molecule has 2 aromatic carbocycles. The molecule has 0 unspecified atom stereocenters. The third-order valence-electron chi connectivity index (χ3n) is 4.01. The summed E-state index contributed by atoms with van der Waals surface area (Å²) < 4.78 is 0. The van der Waals surface area contributed by atoms with Crippen molar-refractivity contribution in [1.82, 2.24) is 0 Å². The first-order valence-electron chi connectivity index (χ1n) is 7.24. The average molecular weight is 265 g/mol. The standard InChI is InChI=1S/C18H19NO/c20-17-13-7-12-16(17)18(14-8-3-1-4-9-14)19-15-10-5-2-6-11-15/h1-6,8-11,16,18-19H,7,12-13H2/t16-,18+/m0/s1. The SMILES string of the molecule is O=C1CCC[C@@H]1[C@H](Nc1ccccc1)c1ccccc1. The number of rotatable bonds is 4. The molecule has 0 aromatic heterocycles. The minimum Gasteiger partial charge on any atom is -0.378 e. The van der Waals surface area contributed by atoms with Gasteiger partial charge in [-0.1, -0.05) is 48.5 Å². The molecule has 2 nitrogen and oxygen atoms in total. The van der Waals surface area contributed by atoms with Crippen LogP contribution in [0, 0.1) is 5.92 Å². The topological polar surface area (TPSA) is 29.1 Å². The highest BCUT2D eigenvalue weighted by Crippen LogP contribution is 2.35.